The second kappa shape index (κ2) is 5.72. The summed E-state index contributed by atoms with van der Waals surface area (Å²) < 4.78 is 5.38. The number of nitrogens with two attached hydrogens (primary N) is 1. The Hall–Kier alpha value is -1.06. The Labute approximate surface area is 110 Å². The van der Waals surface area contributed by atoms with E-state index in [1.807, 2.05) is 13.0 Å². The van der Waals surface area contributed by atoms with Gasteiger partial charge in [0, 0.05) is 12.5 Å². The van der Waals surface area contributed by atoms with E-state index in [9.17, 15) is 5.11 Å². The Balaban J connectivity index is 3.22. The Kier molecular flexibility index (Phi) is 4.77. The monoisotopic (exact) mass is 251 g/mol. The lowest BCUT2D eigenvalue weighted by Crippen LogP contribution is -2.26. The predicted molar refractivity (Wildman–Crippen MR) is 75.2 cm³/mol. The SMILES string of the molecule is COc1ccc(C(C)(C)C)cc1C(C)C(O)CN. The molecule has 0 saturated carbocycles. The van der Waals surface area contributed by atoms with Gasteiger partial charge in [-0.15, -0.1) is 0 Å². The first-order chi connectivity index (χ1) is 8.31. The second-order valence-electron chi connectivity index (χ2n) is 5.80. The largest absolute Gasteiger partial charge is 0.496 e. The summed E-state index contributed by atoms with van der Waals surface area (Å²) in [5.74, 6) is 0.773. The normalized spacial score (nSPS) is 15.3. The van der Waals surface area contributed by atoms with Gasteiger partial charge in [-0.3, -0.25) is 0 Å². The maximum absolute atomic E-state index is 9.91. The van der Waals surface area contributed by atoms with Crippen LogP contribution in [0.2, 0.25) is 0 Å². The van der Waals surface area contributed by atoms with Gasteiger partial charge in [-0.05, 0) is 22.6 Å². The molecule has 0 spiro atoms. The van der Waals surface area contributed by atoms with Gasteiger partial charge in [-0.2, -0.15) is 0 Å². The fourth-order valence-corrected chi connectivity index (χ4v) is 1.97. The Morgan fingerprint density at radius 3 is 2.39 bits per heavy atom. The van der Waals surface area contributed by atoms with Gasteiger partial charge in [-0.1, -0.05) is 39.8 Å². The summed E-state index contributed by atoms with van der Waals surface area (Å²) in [5, 5.41) is 9.91. The molecule has 0 fully saturated rings. The highest BCUT2D eigenvalue weighted by atomic mass is 16.5. The molecule has 18 heavy (non-hydrogen) atoms. The molecule has 2 unspecified atom stereocenters. The van der Waals surface area contributed by atoms with Gasteiger partial charge in [0.25, 0.3) is 0 Å². The van der Waals surface area contributed by atoms with Crippen molar-refractivity contribution < 1.29 is 9.84 Å². The van der Waals surface area contributed by atoms with E-state index in [0.717, 1.165) is 11.3 Å². The Morgan fingerprint density at radius 2 is 1.94 bits per heavy atom. The van der Waals surface area contributed by atoms with E-state index < -0.39 is 6.10 Å². The van der Waals surface area contributed by atoms with Crippen LogP contribution in [0.3, 0.4) is 0 Å². The molecule has 3 nitrogen and oxygen atoms in total. The van der Waals surface area contributed by atoms with Crippen LogP contribution in [0, 0.1) is 0 Å². The van der Waals surface area contributed by atoms with Crippen LogP contribution in [0.25, 0.3) is 0 Å². The molecule has 0 aliphatic heterocycles. The molecule has 0 aliphatic rings. The highest BCUT2D eigenvalue weighted by Crippen LogP contribution is 2.33. The van der Waals surface area contributed by atoms with E-state index in [4.69, 9.17) is 10.5 Å². The highest BCUT2D eigenvalue weighted by Gasteiger charge is 2.22. The van der Waals surface area contributed by atoms with Gasteiger partial charge in [0.2, 0.25) is 0 Å². The van der Waals surface area contributed by atoms with Gasteiger partial charge >= 0.3 is 0 Å². The lowest BCUT2D eigenvalue weighted by Gasteiger charge is -2.25. The van der Waals surface area contributed by atoms with Crippen molar-refractivity contribution >= 4 is 0 Å². The number of ether oxygens (including phenoxy) is 1. The number of hydrogen-bond acceptors (Lipinski definition) is 3. The van der Waals surface area contributed by atoms with Gasteiger partial charge in [-0.25, -0.2) is 0 Å². The third-order valence-electron chi connectivity index (χ3n) is 3.40. The molecular formula is C15H25NO2. The first-order valence-electron chi connectivity index (χ1n) is 6.37. The summed E-state index contributed by atoms with van der Waals surface area (Å²) in [4.78, 5) is 0. The van der Waals surface area contributed by atoms with E-state index in [1.165, 1.54) is 5.56 Å². The minimum absolute atomic E-state index is 0.0350. The number of hydrogen-bond donors (Lipinski definition) is 2. The molecule has 3 N–H and O–H groups in total. The summed E-state index contributed by atoms with van der Waals surface area (Å²) in [6, 6.07) is 6.15. The molecule has 3 heteroatoms. The second-order valence-corrected chi connectivity index (χ2v) is 5.80. The number of aliphatic hydroxyl groups excluding tert-OH is 1. The lowest BCUT2D eigenvalue weighted by molar-refractivity contribution is 0.156. The summed E-state index contributed by atoms with van der Waals surface area (Å²) in [6.45, 7) is 8.74. The van der Waals surface area contributed by atoms with E-state index >= 15 is 0 Å². The Bertz CT molecular complexity index is 396. The van der Waals surface area contributed by atoms with Crippen molar-refractivity contribution in [3.8, 4) is 5.75 Å². The first-order valence-corrected chi connectivity index (χ1v) is 6.37. The van der Waals surface area contributed by atoms with Crippen molar-refractivity contribution in [2.75, 3.05) is 13.7 Å². The van der Waals surface area contributed by atoms with Gasteiger partial charge < -0.3 is 15.6 Å². The van der Waals surface area contributed by atoms with Crippen LogP contribution in [-0.2, 0) is 5.41 Å². The number of rotatable bonds is 4. The van der Waals surface area contributed by atoms with Crippen molar-refractivity contribution in [1.82, 2.24) is 0 Å². The molecule has 1 rings (SSSR count). The zero-order valence-corrected chi connectivity index (χ0v) is 12.0. The third-order valence-corrected chi connectivity index (χ3v) is 3.40. The zero-order chi connectivity index (χ0) is 13.9. The summed E-state index contributed by atoms with van der Waals surface area (Å²) in [7, 11) is 1.65. The predicted octanol–water partition coefficient (Wildman–Crippen LogP) is 2.42. The van der Waals surface area contributed by atoms with E-state index in [-0.39, 0.29) is 17.9 Å². The standard InChI is InChI=1S/C15H25NO2/c1-10(13(17)9-16)12-8-11(15(2,3)4)6-7-14(12)18-5/h6-8,10,13,17H,9,16H2,1-5H3. The molecule has 0 saturated heterocycles. The third kappa shape index (κ3) is 3.24. The van der Waals surface area contributed by atoms with Crippen LogP contribution in [-0.4, -0.2) is 24.9 Å². The van der Waals surface area contributed by atoms with Crippen LogP contribution in [0.4, 0.5) is 0 Å². The fourth-order valence-electron chi connectivity index (χ4n) is 1.97. The molecule has 1 aromatic carbocycles. The molecule has 0 radical (unpaired) electrons. The minimum Gasteiger partial charge on any atom is -0.496 e. The smallest absolute Gasteiger partial charge is 0.122 e. The summed E-state index contributed by atoms with van der Waals surface area (Å²) in [5.41, 5.74) is 7.86. The van der Waals surface area contributed by atoms with Gasteiger partial charge in [0.05, 0.1) is 13.2 Å². The van der Waals surface area contributed by atoms with Crippen molar-refractivity contribution in [1.29, 1.82) is 0 Å². The summed E-state index contributed by atoms with van der Waals surface area (Å²) in [6.07, 6.45) is -0.547. The quantitative estimate of drug-likeness (QED) is 0.864. The van der Waals surface area contributed by atoms with Crippen molar-refractivity contribution in [2.24, 2.45) is 5.73 Å². The average Bonchev–Trinajstić information content (AvgIpc) is 2.35. The van der Waals surface area contributed by atoms with Crippen LogP contribution >= 0.6 is 0 Å². The van der Waals surface area contributed by atoms with E-state index in [0.29, 0.717) is 0 Å². The molecule has 0 aromatic heterocycles. The van der Waals surface area contributed by atoms with Crippen molar-refractivity contribution in [2.45, 2.75) is 45.1 Å². The Morgan fingerprint density at radius 1 is 1.33 bits per heavy atom. The maximum atomic E-state index is 9.91. The summed E-state index contributed by atoms with van der Waals surface area (Å²) >= 11 is 0. The minimum atomic E-state index is -0.547. The van der Waals surface area contributed by atoms with Crippen LogP contribution in [0.15, 0.2) is 18.2 Å². The van der Waals surface area contributed by atoms with E-state index in [2.05, 4.69) is 32.9 Å². The molecule has 1 aromatic rings. The van der Waals surface area contributed by atoms with Crippen LogP contribution < -0.4 is 10.5 Å². The van der Waals surface area contributed by atoms with Crippen molar-refractivity contribution in [3.63, 3.8) is 0 Å². The molecule has 0 aliphatic carbocycles. The molecule has 102 valence electrons. The maximum Gasteiger partial charge on any atom is 0.122 e. The molecule has 2 atom stereocenters. The first kappa shape index (κ1) is 15.0. The van der Waals surface area contributed by atoms with Crippen LogP contribution in [0.5, 0.6) is 5.75 Å². The average molecular weight is 251 g/mol. The number of aliphatic hydroxyl groups is 1. The number of methoxy groups -OCH3 is 1. The highest BCUT2D eigenvalue weighted by molar-refractivity contribution is 5.42. The van der Waals surface area contributed by atoms with Crippen LogP contribution in [0.1, 0.15) is 44.7 Å². The molecule has 0 amide bonds. The molecule has 0 heterocycles. The topological polar surface area (TPSA) is 55.5 Å². The van der Waals surface area contributed by atoms with Gasteiger partial charge in [0.1, 0.15) is 5.75 Å². The van der Waals surface area contributed by atoms with Gasteiger partial charge in [0.15, 0.2) is 0 Å². The molecular weight excluding hydrogens is 226 g/mol. The zero-order valence-electron chi connectivity index (χ0n) is 12.0. The lowest BCUT2D eigenvalue weighted by atomic mass is 9.83. The van der Waals surface area contributed by atoms with Crippen molar-refractivity contribution in [3.05, 3.63) is 29.3 Å². The number of benzene rings is 1. The molecule has 0 bridgehead atoms. The van der Waals surface area contributed by atoms with E-state index in [1.54, 1.807) is 7.11 Å². The fraction of sp³-hybridized carbons (Fsp3) is 0.600.